The molecule has 0 aliphatic rings. The van der Waals surface area contributed by atoms with Crippen LogP contribution in [-0.2, 0) is 6.42 Å². The highest BCUT2D eigenvalue weighted by molar-refractivity contribution is 6.00. The Balaban J connectivity index is 2.24. The van der Waals surface area contributed by atoms with E-state index >= 15 is 0 Å². The fraction of sp³-hybridized carbons (Fsp3) is 0.133. The summed E-state index contributed by atoms with van der Waals surface area (Å²) in [5.74, 6) is -0.806. The molecule has 4 heteroatoms. The van der Waals surface area contributed by atoms with Crippen LogP contribution in [0.3, 0.4) is 0 Å². The molecule has 0 spiro atoms. The van der Waals surface area contributed by atoms with E-state index in [4.69, 9.17) is 4.74 Å². The third-order valence-electron chi connectivity index (χ3n) is 2.74. The van der Waals surface area contributed by atoms with Crippen LogP contribution in [0.25, 0.3) is 0 Å². The molecule has 0 saturated carbocycles. The predicted octanol–water partition coefficient (Wildman–Crippen LogP) is 3.40. The van der Waals surface area contributed by atoms with E-state index in [0.29, 0.717) is 11.3 Å². The number of carbonyl (C=O) groups excluding carboxylic acids is 1. The van der Waals surface area contributed by atoms with Crippen molar-refractivity contribution in [3.8, 4) is 5.75 Å². The quantitative estimate of drug-likeness (QED) is 0.789. The molecular formula is C15H12F2O2. The lowest BCUT2D eigenvalue weighted by Gasteiger charge is -2.07. The van der Waals surface area contributed by atoms with Gasteiger partial charge in [0.05, 0.1) is 12.7 Å². The number of hydrogen-bond acceptors (Lipinski definition) is 2. The van der Waals surface area contributed by atoms with Crippen molar-refractivity contribution in [1.29, 1.82) is 0 Å². The van der Waals surface area contributed by atoms with Crippen LogP contribution < -0.4 is 4.74 Å². The van der Waals surface area contributed by atoms with Gasteiger partial charge in [0.1, 0.15) is 17.4 Å². The Labute approximate surface area is 109 Å². The molecule has 0 saturated heterocycles. The van der Waals surface area contributed by atoms with Crippen LogP contribution in [0.15, 0.2) is 42.5 Å². The zero-order valence-corrected chi connectivity index (χ0v) is 10.3. The van der Waals surface area contributed by atoms with Crippen molar-refractivity contribution in [2.45, 2.75) is 6.42 Å². The summed E-state index contributed by atoms with van der Waals surface area (Å²) in [6.45, 7) is 0. The zero-order chi connectivity index (χ0) is 13.8. The molecule has 0 fully saturated rings. The summed E-state index contributed by atoms with van der Waals surface area (Å²) in [5.41, 5.74) is 0.851. The van der Waals surface area contributed by atoms with E-state index in [0.717, 1.165) is 6.07 Å². The van der Waals surface area contributed by atoms with E-state index in [2.05, 4.69) is 0 Å². The molecular weight excluding hydrogens is 250 g/mol. The highest BCUT2D eigenvalue weighted by atomic mass is 19.1. The van der Waals surface area contributed by atoms with E-state index in [1.807, 2.05) is 0 Å². The highest BCUT2D eigenvalue weighted by Gasteiger charge is 2.14. The van der Waals surface area contributed by atoms with Gasteiger partial charge in [-0.3, -0.25) is 4.79 Å². The number of Topliss-reactive ketones (excluding diaryl/α,β-unsaturated/α-hetero) is 1. The molecule has 2 nitrogen and oxygen atoms in total. The van der Waals surface area contributed by atoms with E-state index in [9.17, 15) is 13.6 Å². The smallest absolute Gasteiger partial charge is 0.171 e. The Morgan fingerprint density at radius 2 is 1.68 bits per heavy atom. The Morgan fingerprint density at radius 3 is 2.32 bits per heavy atom. The van der Waals surface area contributed by atoms with Gasteiger partial charge in [0.15, 0.2) is 5.78 Å². The summed E-state index contributed by atoms with van der Waals surface area (Å²) in [6, 6.07) is 9.40. The number of hydrogen-bond donors (Lipinski definition) is 0. The summed E-state index contributed by atoms with van der Waals surface area (Å²) >= 11 is 0. The molecule has 19 heavy (non-hydrogen) atoms. The molecule has 0 aromatic heterocycles. The van der Waals surface area contributed by atoms with Crippen molar-refractivity contribution in [2.75, 3.05) is 7.11 Å². The maximum Gasteiger partial charge on any atom is 0.171 e. The summed E-state index contributed by atoms with van der Waals surface area (Å²) in [4.78, 5) is 12.1. The summed E-state index contributed by atoms with van der Waals surface area (Å²) in [6.07, 6.45) is 0.0695. The van der Waals surface area contributed by atoms with Crippen molar-refractivity contribution in [1.82, 2.24) is 0 Å². The zero-order valence-electron chi connectivity index (χ0n) is 10.3. The minimum absolute atomic E-state index is 0.0695. The number of benzene rings is 2. The second-order valence-corrected chi connectivity index (χ2v) is 4.07. The van der Waals surface area contributed by atoms with Crippen molar-refractivity contribution in [2.24, 2.45) is 0 Å². The van der Waals surface area contributed by atoms with Gasteiger partial charge in [0, 0.05) is 6.42 Å². The fourth-order valence-corrected chi connectivity index (χ4v) is 1.78. The number of ether oxygens (including phenoxy) is 1. The Hall–Kier alpha value is -2.23. The van der Waals surface area contributed by atoms with Gasteiger partial charge in [0.25, 0.3) is 0 Å². The molecule has 0 N–H and O–H groups in total. The third-order valence-corrected chi connectivity index (χ3v) is 2.74. The molecule has 0 bridgehead atoms. The van der Waals surface area contributed by atoms with Crippen LogP contribution in [0, 0.1) is 11.6 Å². The minimum atomic E-state index is -0.497. The van der Waals surface area contributed by atoms with Crippen LogP contribution in [-0.4, -0.2) is 12.9 Å². The van der Waals surface area contributed by atoms with Crippen LogP contribution in [0.1, 0.15) is 15.9 Å². The van der Waals surface area contributed by atoms with E-state index < -0.39 is 5.82 Å². The number of rotatable bonds is 4. The first-order chi connectivity index (χ1) is 9.10. The predicted molar refractivity (Wildman–Crippen MR) is 67.4 cm³/mol. The van der Waals surface area contributed by atoms with E-state index in [-0.39, 0.29) is 23.6 Å². The highest BCUT2D eigenvalue weighted by Crippen LogP contribution is 2.21. The molecule has 0 heterocycles. The van der Waals surface area contributed by atoms with Crippen molar-refractivity contribution in [3.63, 3.8) is 0 Å². The Kier molecular flexibility index (Phi) is 3.90. The topological polar surface area (TPSA) is 26.3 Å². The van der Waals surface area contributed by atoms with Gasteiger partial charge in [0.2, 0.25) is 0 Å². The summed E-state index contributed by atoms with van der Waals surface area (Å²) in [7, 11) is 1.42. The molecule has 98 valence electrons. The van der Waals surface area contributed by atoms with Gasteiger partial charge < -0.3 is 4.74 Å². The second kappa shape index (κ2) is 5.61. The fourth-order valence-electron chi connectivity index (χ4n) is 1.78. The first kappa shape index (κ1) is 13.2. The maximum absolute atomic E-state index is 13.2. The number of ketones is 1. The SMILES string of the molecule is COc1ccc(F)cc1C(=O)Cc1ccc(F)cc1. The van der Waals surface area contributed by atoms with Gasteiger partial charge >= 0.3 is 0 Å². The lowest BCUT2D eigenvalue weighted by atomic mass is 10.0. The lowest BCUT2D eigenvalue weighted by Crippen LogP contribution is -2.06. The molecule has 0 unspecified atom stereocenters. The van der Waals surface area contributed by atoms with Crippen molar-refractivity contribution < 1.29 is 18.3 Å². The van der Waals surface area contributed by atoms with Gasteiger partial charge in [-0.1, -0.05) is 12.1 Å². The van der Waals surface area contributed by atoms with E-state index in [1.165, 1.54) is 43.5 Å². The van der Waals surface area contributed by atoms with Crippen molar-refractivity contribution >= 4 is 5.78 Å². The lowest BCUT2D eigenvalue weighted by molar-refractivity contribution is 0.0989. The number of carbonyl (C=O) groups is 1. The molecule has 0 atom stereocenters. The summed E-state index contributed by atoms with van der Waals surface area (Å²) < 4.78 is 31.0. The first-order valence-corrected chi connectivity index (χ1v) is 5.71. The second-order valence-electron chi connectivity index (χ2n) is 4.07. The summed E-state index contributed by atoms with van der Waals surface area (Å²) in [5, 5.41) is 0. The Morgan fingerprint density at radius 1 is 1.05 bits per heavy atom. The third kappa shape index (κ3) is 3.16. The van der Waals surface area contributed by atoms with Gasteiger partial charge in [-0.15, -0.1) is 0 Å². The Bertz CT molecular complexity index is 592. The van der Waals surface area contributed by atoms with Gasteiger partial charge in [-0.25, -0.2) is 8.78 Å². The van der Waals surface area contributed by atoms with E-state index in [1.54, 1.807) is 0 Å². The minimum Gasteiger partial charge on any atom is -0.496 e. The molecule has 0 amide bonds. The van der Waals surface area contributed by atoms with Gasteiger partial charge in [-0.2, -0.15) is 0 Å². The molecule has 0 aliphatic carbocycles. The average Bonchev–Trinajstić information content (AvgIpc) is 2.41. The molecule has 0 radical (unpaired) electrons. The van der Waals surface area contributed by atoms with Gasteiger partial charge in [-0.05, 0) is 35.9 Å². The number of methoxy groups -OCH3 is 1. The number of halogens is 2. The normalized spacial score (nSPS) is 10.3. The van der Waals surface area contributed by atoms with Crippen LogP contribution in [0.5, 0.6) is 5.75 Å². The van der Waals surface area contributed by atoms with Crippen LogP contribution in [0.4, 0.5) is 8.78 Å². The largest absolute Gasteiger partial charge is 0.496 e. The average molecular weight is 262 g/mol. The van der Waals surface area contributed by atoms with Crippen LogP contribution >= 0.6 is 0 Å². The first-order valence-electron chi connectivity index (χ1n) is 5.71. The van der Waals surface area contributed by atoms with Crippen LogP contribution in [0.2, 0.25) is 0 Å². The van der Waals surface area contributed by atoms with Crippen molar-refractivity contribution in [3.05, 3.63) is 65.2 Å². The molecule has 2 aromatic carbocycles. The molecule has 2 rings (SSSR count). The molecule has 0 aliphatic heterocycles. The standard InChI is InChI=1S/C15H12F2O2/c1-19-15-7-6-12(17)9-13(15)14(18)8-10-2-4-11(16)5-3-10/h2-7,9H,8H2,1H3. The molecule has 2 aromatic rings. The monoisotopic (exact) mass is 262 g/mol. The maximum atomic E-state index is 13.2.